The van der Waals surface area contributed by atoms with Crippen molar-refractivity contribution in [3.63, 3.8) is 0 Å². The van der Waals surface area contributed by atoms with Crippen LogP contribution in [0.15, 0.2) is 36.5 Å². The molecule has 0 radical (unpaired) electrons. The highest BCUT2D eigenvalue weighted by Crippen LogP contribution is 2.35. The number of aromatic nitrogens is 2. The van der Waals surface area contributed by atoms with Gasteiger partial charge in [-0.15, -0.1) is 0 Å². The normalized spacial score (nSPS) is 20.5. The molecular weight excluding hydrogens is 739 g/mol. The highest BCUT2D eigenvalue weighted by Gasteiger charge is 2.41. The van der Waals surface area contributed by atoms with Crippen molar-refractivity contribution in [1.29, 1.82) is 0 Å². The second kappa shape index (κ2) is 20.3. The Hall–Kier alpha value is -4.79. The van der Waals surface area contributed by atoms with Gasteiger partial charge >= 0.3 is 0 Å². The van der Waals surface area contributed by atoms with Gasteiger partial charge in [-0.3, -0.25) is 28.8 Å². The van der Waals surface area contributed by atoms with Crippen molar-refractivity contribution in [3.05, 3.63) is 42.4 Å². The summed E-state index contributed by atoms with van der Waals surface area (Å²) in [5.41, 5.74) is 7.93. The van der Waals surface area contributed by atoms with E-state index in [0.29, 0.717) is 38.8 Å². The molecule has 6 N–H and O–H groups in total. The number of aryl methyl sites for hydroxylation is 1. The molecule has 3 heterocycles. The Morgan fingerprint density at radius 3 is 2.05 bits per heavy atom. The van der Waals surface area contributed by atoms with Crippen molar-refractivity contribution in [3.8, 4) is 11.3 Å². The van der Waals surface area contributed by atoms with Gasteiger partial charge in [0.05, 0.1) is 11.7 Å². The molecule has 1 aliphatic carbocycles. The molecule has 1 aromatic heterocycles. The second-order valence-corrected chi connectivity index (χ2v) is 17.2. The van der Waals surface area contributed by atoms with Crippen molar-refractivity contribution >= 4 is 35.4 Å². The number of nitrogens with two attached hydrogens (primary N) is 1. The van der Waals surface area contributed by atoms with Gasteiger partial charge in [0, 0.05) is 45.4 Å². The first-order valence-corrected chi connectivity index (χ1v) is 21.3. The summed E-state index contributed by atoms with van der Waals surface area (Å²) in [5, 5.41) is 11.3. The highest BCUT2D eigenvalue weighted by atomic mass is 16.2. The molecule has 0 bridgehead atoms. The number of rotatable bonds is 17. The van der Waals surface area contributed by atoms with Gasteiger partial charge in [0.1, 0.15) is 36.0 Å². The van der Waals surface area contributed by atoms with Crippen LogP contribution in [-0.2, 0) is 35.8 Å². The molecule has 318 valence electrons. The summed E-state index contributed by atoms with van der Waals surface area (Å²) in [4.78, 5) is 89.9. The molecule has 1 saturated carbocycles. The zero-order chi connectivity index (χ0) is 42.1. The molecule has 0 unspecified atom stereocenters. The van der Waals surface area contributed by atoms with Gasteiger partial charge in [0.25, 0.3) is 0 Å². The molecule has 58 heavy (non-hydrogen) atoms. The SMILES string of the molecule is CC(=O)N[C@@H](CC(C)C)C(=O)N1CCC[C@H]1C(=O)N[C@H](C(=O)N[C@@H](CN)C(=O)N[C@@H](CC1CCCC1)C(=O)N1CCC[C@H]1c1nc(-c2ccccc2)cn1C)C(C)C. The van der Waals surface area contributed by atoms with E-state index >= 15 is 0 Å². The van der Waals surface area contributed by atoms with E-state index in [1.807, 2.05) is 66.9 Å². The van der Waals surface area contributed by atoms with E-state index in [9.17, 15) is 28.8 Å². The number of carbonyl (C=O) groups is 6. The molecule has 3 aliphatic rings. The largest absolute Gasteiger partial charge is 0.345 e. The van der Waals surface area contributed by atoms with Crippen LogP contribution in [0.25, 0.3) is 11.3 Å². The van der Waals surface area contributed by atoms with Gasteiger partial charge < -0.3 is 41.4 Å². The van der Waals surface area contributed by atoms with E-state index in [1.165, 1.54) is 11.8 Å². The molecular formula is C43H65N9O6. The Morgan fingerprint density at radius 2 is 1.41 bits per heavy atom. The number of likely N-dealkylation sites (tertiary alicyclic amines) is 2. The zero-order valence-corrected chi connectivity index (χ0v) is 35.2. The molecule has 3 fully saturated rings. The molecule has 15 heteroatoms. The topological polar surface area (TPSA) is 201 Å². The van der Waals surface area contributed by atoms with Crippen LogP contribution in [0, 0.1) is 17.8 Å². The Balaban J connectivity index is 1.27. The average molecular weight is 804 g/mol. The third kappa shape index (κ3) is 11.0. The van der Waals surface area contributed by atoms with Gasteiger partial charge in [0.2, 0.25) is 35.4 Å². The summed E-state index contributed by atoms with van der Waals surface area (Å²) in [5.74, 6) is -1.65. The number of hydrogen-bond acceptors (Lipinski definition) is 8. The van der Waals surface area contributed by atoms with Crippen LogP contribution in [-0.4, -0.2) is 105 Å². The molecule has 6 atom stereocenters. The lowest BCUT2D eigenvalue weighted by molar-refractivity contribution is -0.142. The molecule has 2 aliphatic heterocycles. The first kappa shape index (κ1) is 44.3. The van der Waals surface area contributed by atoms with Gasteiger partial charge in [-0.25, -0.2) is 4.98 Å². The zero-order valence-electron chi connectivity index (χ0n) is 35.2. The van der Waals surface area contributed by atoms with Crippen LogP contribution in [0.1, 0.15) is 111 Å². The summed E-state index contributed by atoms with van der Waals surface area (Å²) in [6.07, 6.45) is 9.55. The van der Waals surface area contributed by atoms with Gasteiger partial charge in [-0.2, -0.15) is 0 Å². The predicted molar refractivity (Wildman–Crippen MR) is 220 cm³/mol. The maximum absolute atomic E-state index is 14.5. The van der Waals surface area contributed by atoms with Crippen molar-refractivity contribution in [2.24, 2.45) is 30.5 Å². The lowest BCUT2D eigenvalue weighted by Gasteiger charge is -2.32. The van der Waals surface area contributed by atoms with Crippen LogP contribution in [0.5, 0.6) is 0 Å². The van der Waals surface area contributed by atoms with E-state index < -0.39 is 47.9 Å². The summed E-state index contributed by atoms with van der Waals surface area (Å²) in [6, 6.07) is 5.06. The maximum Gasteiger partial charge on any atom is 0.245 e. The summed E-state index contributed by atoms with van der Waals surface area (Å²) in [6.45, 7) is 9.50. The predicted octanol–water partition coefficient (Wildman–Crippen LogP) is 2.94. The van der Waals surface area contributed by atoms with Crippen LogP contribution < -0.4 is 27.0 Å². The molecule has 2 saturated heterocycles. The second-order valence-electron chi connectivity index (χ2n) is 17.2. The first-order chi connectivity index (χ1) is 27.7. The third-order valence-electron chi connectivity index (χ3n) is 11.8. The minimum absolute atomic E-state index is 0.130. The van der Waals surface area contributed by atoms with E-state index in [4.69, 9.17) is 10.7 Å². The monoisotopic (exact) mass is 804 g/mol. The van der Waals surface area contributed by atoms with Crippen LogP contribution >= 0.6 is 0 Å². The number of carbonyl (C=O) groups excluding carboxylic acids is 6. The molecule has 15 nitrogen and oxygen atoms in total. The fourth-order valence-corrected chi connectivity index (χ4v) is 8.83. The Morgan fingerprint density at radius 1 is 0.776 bits per heavy atom. The fourth-order valence-electron chi connectivity index (χ4n) is 8.83. The Bertz CT molecular complexity index is 1760. The Labute approximate surface area is 343 Å². The molecule has 6 amide bonds. The van der Waals surface area contributed by atoms with Gasteiger partial charge in [0.15, 0.2) is 0 Å². The van der Waals surface area contributed by atoms with E-state index in [2.05, 4.69) is 21.3 Å². The number of hydrogen-bond donors (Lipinski definition) is 5. The van der Waals surface area contributed by atoms with Crippen molar-refractivity contribution < 1.29 is 28.8 Å². The number of nitrogens with one attached hydrogen (secondary N) is 4. The maximum atomic E-state index is 14.5. The number of imidazole rings is 1. The first-order valence-electron chi connectivity index (χ1n) is 21.3. The highest BCUT2D eigenvalue weighted by molar-refractivity contribution is 5.96. The van der Waals surface area contributed by atoms with Gasteiger partial charge in [-0.05, 0) is 56.3 Å². The number of amides is 6. The smallest absolute Gasteiger partial charge is 0.245 e. The molecule has 1 aromatic carbocycles. The third-order valence-corrected chi connectivity index (χ3v) is 11.8. The standard InChI is InChI=1S/C43H65N9O6/c1-26(2)22-31(45-28(5)53)42(57)52-21-13-19-36(52)40(55)49-37(27(3)4)41(56)48-33(24-44)39(54)47-32(23-29-14-10-11-15-29)43(58)51-20-12-18-35(51)38-46-34(25-50(38)6)30-16-8-7-9-17-30/h7-9,16-17,25-27,29,31-33,35-37H,10-15,18-24,44H2,1-6H3,(H,45,53)(H,47,54)(H,48,56)(H,49,55)/t31-,32-,33-,35-,36-,37-/m0/s1. The molecule has 5 rings (SSSR count). The quantitative estimate of drug-likeness (QED) is 0.161. The summed E-state index contributed by atoms with van der Waals surface area (Å²) in [7, 11) is 1.94. The van der Waals surface area contributed by atoms with Crippen molar-refractivity contribution in [2.45, 2.75) is 135 Å². The molecule has 2 aromatic rings. The van der Waals surface area contributed by atoms with Gasteiger partial charge in [-0.1, -0.05) is 83.7 Å². The van der Waals surface area contributed by atoms with E-state index in [0.717, 1.165) is 55.6 Å². The van der Waals surface area contributed by atoms with E-state index in [1.54, 1.807) is 13.8 Å². The van der Waals surface area contributed by atoms with Crippen molar-refractivity contribution in [1.82, 2.24) is 40.6 Å². The average Bonchev–Trinajstić information content (AvgIpc) is 4.02. The Kier molecular flexibility index (Phi) is 15.5. The lowest BCUT2D eigenvalue weighted by atomic mass is 9.96. The van der Waals surface area contributed by atoms with Crippen LogP contribution in [0.2, 0.25) is 0 Å². The van der Waals surface area contributed by atoms with Crippen molar-refractivity contribution in [2.75, 3.05) is 19.6 Å². The van der Waals surface area contributed by atoms with Crippen LogP contribution in [0.4, 0.5) is 0 Å². The minimum Gasteiger partial charge on any atom is -0.345 e. The molecule has 0 spiro atoms. The van der Waals surface area contributed by atoms with Crippen LogP contribution in [0.3, 0.4) is 0 Å². The number of benzene rings is 1. The fraction of sp³-hybridized carbons (Fsp3) is 0.651. The van der Waals surface area contributed by atoms with E-state index in [-0.39, 0.29) is 48.1 Å². The minimum atomic E-state index is -1.17. The summed E-state index contributed by atoms with van der Waals surface area (Å²) < 4.78 is 1.98. The summed E-state index contributed by atoms with van der Waals surface area (Å²) >= 11 is 0. The number of nitrogens with zero attached hydrogens (tertiary/aromatic N) is 4. The lowest BCUT2D eigenvalue weighted by Crippen LogP contribution is -2.61.